The second-order valence-corrected chi connectivity index (χ2v) is 4.79. The Morgan fingerprint density at radius 1 is 1.47 bits per heavy atom. The number of hydrogen-bond donors (Lipinski definition) is 1. The Balaban J connectivity index is 2.11. The lowest BCUT2D eigenvalue weighted by Gasteiger charge is -2.25. The highest BCUT2D eigenvalue weighted by atomic mass is 16.4. The molecule has 1 N–H and O–H groups in total. The van der Waals surface area contributed by atoms with Gasteiger partial charge in [0, 0.05) is 12.6 Å². The lowest BCUT2D eigenvalue weighted by atomic mass is 9.98. The van der Waals surface area contributed by atoms with Gasteiger partial charge >= 0.3 is 5.97 Å². The van der Waals surface area contributed by atoms with E-state index in [0.29, 0.717) is 12.6 Å². The van der Waals surface area contributed by atoms with Gasteiger partial charge in [0.15, 0.2) is 0 Å². The zero-order valence-electron chi connectivity index (χ0n) is 10.2. The minimum atomic E-state index is -0.727. The molecule has 0 radical (unpaired) electrons. The number of rotatable bonds is 4. The Kier molecular flexibility index (Phi) is 3.79. The molecule has 1 aliphatic heterocycles. The average Bonchev–Trinajstić information content (AvgIpc) is 2.72. The fourth-order valence-electron chi connectivity index (χ4n) is 2.51. The van der Waals surface area contributed by atoms with Crippen molar-refractivity contribution >= 4 is 5.97 Å². The van der Waals surface area contributed by atoms with Crippen LogP contribution < -0.4 is 0 Å². The van der Waals surface area contributed by atoms with E-state index in [1.807, 2.05) is 30.3 Å². The first kappa shape index (κ1) is 12.1. The summed E-state index contributed by atoms with van der Waals surface area (Å²) in [7, 11) is 0. The lowest BCUT2D eigenvalue weighted by molar-refractivity contribution is -0.139. The summed E-state index contributed by atoms with van der Waals surface area (Å²) in [5.74, 6) is -1.13. The van der Waals surface area contributed by atoms with Crippen LogP contribution in [0.5, 0.6) is 0 Å². The second-order valence-electron chi connectivity index (χ2n) is 4.79. The molecule has 92 valence electrons. The van der Waals surface area contributed by atoms with E-state index in [1.54, 1.807) is 0 Å². The van der Waals surface area contributed by atoms with E-state index >= 15 is 0 Å². The summed E-state index contributed by atoms with van der Waals surface area (Å²) in [5, 5.41) is 9.35. The summed E-state index contributed by atoms with van der Waals surface area (Å²) in [6, 6.07) is 10.0. The molecule has 1 aliphatic rings. The first-order valence-electron chi connectivity index (χ1n) is 6.20. The minimum absolute atomic E-state index is 0.406. The molecule has 3 heteroatoms. The Morgan fingerprint density at radius 3 is 2.71 bits per heavy atom. The van der Waals surface area contributed by atoms with Gasteiger partial charge in [0.25, 0.3) is 0 Å². The van der Waals surface area contributed by atoms with Gasteiger partial charge in [0.05, 0.1) is 5.92 Å². The SMILES string of the molecule is CC1CCCN1CC(C(=O)O)c1ccccc1. The van der Waals surface area contributed by atoms with Gasteiger partial charge in [-0.05, 0) is 31.9 Å². The molecular formula is C14H19NO2. The molecule has 1 aromatic carbocycles. The van der Waals surface area contributed by atoms with Crippen molar-refractivity contribution in [3.63, 3.8) is 0 Å². The third-order valence-electron chi connectivity index (χ3n) is 3.61. The molecule has 2 unspecified atom stereocenters. The van der Waals surface area contributed by atoms with Gasteiger partial charge in [-0.2, -0.15) is 0 Å². The van der Waals surface area contributed by atoms with E-state index in [2.05, 4.69) is 11.8 Å². The molecule has 2 rings (SSSR count). The topological polar surface area (TPSA) is 40.5 Å². The molecule has 17 heavy (non-hydrogen) atoms. The van der Waals surface area contributed by atoms with Crippen molar-refractivity contribution in [2.45, 2.75) is 31.7 Å². The van der Waals surface area contributed by atoms with E-state index in [4.69, 9.17) is 0 Å². The van der Waals surface area contributed by atoms with Crippen LogP contribution >= 0.6 is 0 Å². The number of carbonyl (C=O) groups is 1. The van der Waals surface area contributed by atoms with Crippen LogP contribution in [0.2, 0.25) is 0 Å². The normalized spacial score (nSPS) is 22.5. The number of carboxylic acids is 1. The Hall–Kier alpha value is -1.35. The van der Waals surface area contributed by atoms with Gasteiger partial charge in [-0.25, -0.2) is 0 Å². The molecule has 0 aliphatic carbocycles. The third kappa shape index (κ3) is 2.86. The van der Waals surface area contributed by atoms with Crippen LogP contribution in [0.15, 0.2) is 30.3 Å². The highest BCUT2D eigenvalue weighted by molar-refractivity contribution is 5.76. The maximum atomic E-state index is 11.4. The summed E-state index contributed by atoms with van der Waals surface area (Å²) in [5.41, 5.74) is 0.902. The van der Waals surface area contributed by atoms with E-state index in [9.17, 15) is 9.90 Å². The summed E-state index contributed by atoms with van der Waals surface area (Å²) in [6.07, 6.45) is 2.36. The number of aliphatic carboxylic acids is 1. The number of likely N-dealkylation sites (tertiary alicyclic amines) is 1. The van der Waals surface area contributed by atoms with Crippen molar-refractivity contribution in [3.8, 4) is 0 Å². The molecule has 0 saturated carbocycles. The molecule has 1 heterocycles. The van der Waals surface area contributed by atoms with Gasteiger partial charge < -0.3 is 5.11 Å². The quantitative estimate of drug-likeness (QED) is 0.867. The predicted octanol–water partition coefficient (Wildman–Crippen LogP) is 2.34. The van der Waals surface area contributed by atoms with Crippen molar-refractivity contribution in [2.75, 3.05) is 13.1 Å². The molecule has 3 nitrogen and oxygen atoms in total. The second kappa shape index (κ2) is 5.32. The fraction of sp³-hybridized carbons (Fsp3) is 0.500. The zero-order valence-corrected chi connectivity index (χ0v) is 10.2. The highest BCUT2D eigenvalue weighted by Gasteiger charge is 2.27. The molecule has 0 bridgehead atoms. The van der Waals surface area contributed by atoms with Gasteiger partial charge in [0.1, 0.15) is 0 Å². The van der Waals surface area contributed by atoms with Gasteiger partial charge in [-0.15, -0.1) is 0 Å². The van der Waals surface area contributed by atoms with E-state index in [1.165, 1.54) is 12.8 Å². The maximum absolute atomic E-state index is 11.4. The van der Waals surface area contributed by atoms with Crippen molar-refractivity contribution in [1.29, 1.82) is 0 Å². The Morgan fingerprint density at radius 2 is 2.18 bits per heavy atom. The molecule has 1 aromatic rings. The van der Waals surface area contributed by atoms with Crippen molar-refractivity contribution in [2.24, 2.45) is 0 Å². The average molecular weight is 233 g/mol. The van der Waals surface area contributed by atoms with Crippen LogP contribution in [0, 0.1) is 0 Å². The summed E-state index contributed by atoms with van der Waals surface area (Å²) >= 11 is 0. The number of nitrogens with zero attached hydrogens (tertiary/aromatic N) is 1. The van der Waals surface area contributed by atoms with Crippen molar-refractivity contribution < 1.29 is 9.90 Å². The largest absolute Gasteiger partial charge is 0.481 e. The third-order valence-corrected chi connectivity index (χ3v) is 3.61. The van der Waals surface area contributed by atoms with Crippen LogP contribution in [0.4, 0.5) is 0 Å². The van der Waals surface area contributed by atoms with Crippen LogP contribution in [-0.2, 0) is 4.79 Å². The highest BCUT2D eigenvalue weighted by Crippen LogP contribution is 2.23. The first-order chi connectivity index (χ1) is 8.18. The number of hydrogen-bond acceptors (Lipinski definition) is 2. The lowest BCUT2D eigenvalue weighted by Crippen LogP contribution is -2.34. The van der Waals surface area contributed by atoms with Gasteiger partial charge in [0.2, 0.25) is 0 Å². The molecule has 1 saturated heterocycles. The van der Waals surface area contributed by atoms with Crippen LogP contribution in [-0.4, -0.2) is 35.1 Å². The van der Waals surface area contributed by atoms with E-state index in [0.717, 1.165) is 12.1 Å². The maximum Gasteiger partial charge on any atom is 0.312 e. The smallest absolute Gasteiger partial charge is 0.312 e. The summed E-state index contributed by atoms with van der Waals surface area (Å²) < 4.78 is 0. The van der Waals surface area contributed by atoms with E-state index in [-0.39, 0.29) is 0 Å². The fourth-order valence-corrected chi connectivity index (χ4v) is 2.51. The molecule has 2 atom stereocenters. The predicted molar refractivity (Wildman–Crippen MR) is 67.1 cm³/mol. The number of carboxylic acid groups (broad SMARTS) is 1. The summed E-state index contributed by atoms with van der Waals surface area (Å²) in [6.45, 7) is 3.83. The van der Waals surface area contributed by atoms with Crippen molar-refractivity contribution in [1.82, 2.24) is 4.90 Å². The monoisotopic (exact) mass is 233 g/mol. The molecule has 1 fully saturated rings. The van der Waals surface area contributed by atoms with Crippen LogP contribution in [0.25, 0.3) is 0 Å². The standard InChI is InChI=1S/C14H19NO2/c1-11-6-5-9-15(11)10-13(14(16)17)12-7-3-2-4-8-12/h2-4,7-8,11,13H,5-6,9-10H2,1H3,(H,16,17). The molecule has 0 spiro atoms. The van der Waals surface area contributed by atoms with E-state index < -0.39 is 11.9 Å². The van der Waals surface area contributed by atoms with Gasteiger partial charge in [-0.3, -0.25) is 9.69 Å². The summed E-state index contributed by atoms with van der Waals surface area (Å²) in [4.78, 5) is 13.7. The Bertz CT molecular complexity index is 377. The van der Waals surface area contributed by atoms with Crippen LogP contribution in [0.3, 0.4) is 0 Å². The Labute approximate surface area is 102 Å². The zero-order chi connectivity index (χ0) is 12.3. The minimum Gasteiger partial charge on any atom is -0.481 e. The van der Waals surface area contributed by atoms with Gasteiger partial charge in [-0.1, -0.05) is 30.3 Å². The van der Waals surface area contributed by atoms with Crippen molar-refractivity contribution in [3.05, 3.63) is 35.9 Å². The molecule has 0 aromatic heterocycles. The number of benzene rings is 1. The van der Waals surface area contributed by atoms with Crippen LogP contribution in [0.1, 0.15) is 31.2 Å². The molecular weight excluding hydrogens is 214 g/mol. The first-order valence-corrected chi connectivity index (χ1v) is 6.20. The molecule has 0 amide bonds.